The van der Waals surface area contributed by atoms with Crippen molar-refractivity contribution in [3.05, 3.63) is 11.8 Å². The minimum atomic E-state index is 0.442. The number of nitrogens with zero attached hydrogens (tertiary/aromatic N) is 3. The molecule has 0 aromatic rings. The maximum absolute atomic E-state index is 8.58. The van der Waals surface area contributed by atoms with Crippen molar-refractivity contribution in [3.8, 4) is 12.1 Å². The molecule has 0 aliphatic carbocycles. The molecule has 0 N–H and O–H groups in total. The van der Waals surface area contributed by atoms with Gasteiger partial charge in [0.1, 0.15) is 11.8 Å². The summed E-state index contributed by atoms with van der Waals surface area (Å²) in [6.07, 6.45) is 1.27. The molecule has 0 aliphatic heterocycles. The highest BCUT2D eigenvalue weighted by molar-refractivity contribution is 5.25. The Kier molecular flexibility index (Phi) is 4.60. The summed E-state index contributed by atoms with van der Waals surface area (Å²) in [5.74, 6) is 0. The summed E-state index contributed by atoms with van der Waals surface area (Å²) < 4.78 is 0. The van der Waals surface area contributed by atoms with Crippen molar-refractivity contribution in [2.24, 2.45) is 0 Å². The summed E-state index contributed by atoms with van der Waals surface area (Å²) in [7, 11) is 0. The van der Waals surface area contributed by atoms with Crippen molar-refractivity contribution >= 4 is 0 Å². The third-order valence-corrected chi connectivity index (χ3v) is 1.42. The van der Waals surface area contributed by atoms with Gasteiger partial charge in [-0.25, -0.2) is 0 Å². The van der Waals surface area contributed by atoms with Crippen LogP contribution in [-0.2, 0) is 0 Å². The lowest BCUT2D eigenvalue weighted by Gasteiger charge is -2.17. The van der Waals surface area contributed by atoms with E-state index in [4.69, 9.17) is 10.5 Å². The monoisotopic (exact) mass is 149 g/mol. The fourth-order valence-corrected chi connectivity index (χ4v) is 0.820. The number of rotatable bonds is 3. The first-order valence-corrected chi connectivity index (χ1v) is 3.54. The fraction of sp³-hybridized carbons (Fsp3) is 0.500. The predicted molar refractivity (Wildman–Crippen MR) is 42.2 cm³/mol. The first kappa shape index (κ1) is 9.52. The lowest BCUT2D eigenvalue weighted by molar-refractivity contribution is 0.397. The zero-order chi connectivity index (χ0) is 8.69. The molecule has 0 aliphatic rings. The Morgan fingerprint density at radius 1 is 1.36 bits per heavy atom. The smallest absolute Gasteiger partial charge is 0.126 e. The van der Waals surface area contributed by atoms with Gasteiger partial charge in [0.25, 0.3) is 0 Å². The zero-order valence-electron chi connectivity index (χ0n) is 6.83. The minimum Gasteiger partial charge on any atom is -0.363 e. The number of hydrogen-bond acceptors (Lipinski definition) is 3. The van der Waals surface area contributed by atoms with Crippen LogP contribution < -0.4 is 0 Å². The van der Waals surface area contributed by atoms with E-state index in [1.165, 1.54) is 6.08 Å². The van der Waals surface area contributed by atoms with Crippen molar-refractivity contribution in [1.29, 1.82) is 10.5 Å². The van der Waals surface area contributed by atoms with Gasteiger partial charge >= 0.3 is 0 Å². The van der Waals surface area contributed by atoms with Crippen LogP contribution in [0.4, 0.5) is 0 Å². The largest absolute Gasteiger partial charge is 0.363 e. The van der Waals surface area contributed by atoms with Crippen molar-refractivity contribution in [1.82, 2.24) is 4.90 Å². The van der Waals surface area contributed by atoms with E-state index in [-0.39, 0.29) is 0 Å². The van der Waals surface area contributed by atoms with Gasteiger partial charge in [-0.05, 0) is 13.8 Å². The van der Waals surface area contributed by atoms with Gasteiger partial charge in [-0.1, -0.05) is 0 Å². The zero-order valence-corrected chi connectivity index (χ0v) is 6.83. The molecule has 0 unspecified atom stereocenters. The molecule has 3 nitrogen and oxygen atoms in total. The second-order valence-electron chi connectivity index (χ2n) is 1.94. The van der Waals surface area contributed by atoms with Gasteiger partial charge < -0.3 is 4.90 Å². The topological polar surface area (TPSA) is 50.8 Å². The third-order valence-electron chi connectivity index (χ3n) is 1.42. The summed E-state index contributed by atoms with van der Waals surface area (Å²) in [6.45, 7) is 5.42. The Morgan fingerprint density at radius 2 is 1.91 bits per heavy atom. The molecule has 0 heterocycles. The van der Waals surface area contributed by atoms with Crippen LogP contribution in [0.15, 0.2) is 11.8 Å². The second kappa shape index (κ2) is 5.32. The SMILES string of the molecule is CCN(CC)C(C#N)=CC#N. The predicted octanol–water partition coefficient (Wildman–Crippen LogP) is 1.26. The average Bonchev–Trinajstić information content (AvgIpc) is 2.05. The maximum Gasteiger partial charge on any atom is 0.126 e. The molecule has 11 heavy (non-hydrogen) atoms. The van der Waals surface area contributed by atoms with Crippen LogP contribution in [-0.4, -0.2) is 18.0 Å². The van der Waals surface area contributed by atoms with Crippen LogP contribution in [0.25, 0.3) is 0 Å². The average molecular weight is 149 g/mol. The standard InChI is InChI=1S/C8H11N3/c1-3-11(4-2)8(7-10)5-6-9/h5H,3-4H2,1-2H3. The minimum absolute atomic E-state index is 0.442. The van der Waals surface area contributed by atoms with Crippen molar-refractivity contribution in [3.63, 3.8) is 0 Å². The molecule has 0 radical (unpaired) electrons. The number of nitriles is 2. The molecule has 0 bridgehead atoms. The molecule has 0 amide bonds. The van der Waals surface area contributed by atoms with E-state index in [0.29, 0.717) is 5.70 Å². The Balaban J connectivity index is 4.40. The van der Waals surface area contributed by atoms with E-state index in [0.717, 1.165) is 13.1 Å². The van der Waals surface area contributed by atoms with Crippen LogP contribution in [0.1, 0.15) is 13.8 Å². The van der Waals surface area contributed by atoms with E-state index in [1.807, 2.05) is 30.9 Å². The Morgan fingerprint density at radius 3 is 2.18 bits per heavy atom. The van der Waals surface area contributed by atoms with E-state index >= 15 is 0 Å². The maximum atomic E-state index is 8.58. The highest BCUT2D eigenvalue weighted by atomic mass is 15.1. The van der Waals surface area contributed by atoms with Crippen LogP contribution in [0.2, 0.25) is 0 Å². The first-order valence-electron chi connectivity index (χ1n) is 3.54. The lowest BCUT2D eigenvalue weighted by atomic mass is 10.3. The Labute approximate surface area is 67.1 Å². The molecule has 0 saturated heterocycles. The van der Waals surface area contributed by atoms with Crippen molar-refractivity contribution < 1.29 is 0 Å². The quantitative estimate of drug-likeness (QED) is 0.567. The first-order chi connectivity index (χ1) is 5.29. The summed E-state index contributed by atoms with van der Waals surface area (Å²) in [6, 6.07) is 3.81. The van der Waals surface area contributed by atoms with Crippen molar-refractivity contribution in [2.45, 2.75) is 13.8 Å². The van der Waals surface area contributed by atoms with Gasteiger partial charge in [0.2, 0.25) is 0 Å². The summed E-state index contributed by atoms with van der Waals surface area (Å²) in [5.41, 5.74) is 0.442. The van der Waals surface area contributed by atoms with Gasteiger partial charge in [0, 0.05) is 13.1 Å². The molecule has 0 saturated carbocycles. The third kappa shape index (κ3) is 2.73. The summed E-state index contributed by atoms with van der Waals surface area (Å²) in [5, 5.41) is 16.9. The molecular formula is C8H11N3. The second-order valence-corrected chi connectivity index (χ2v) is 1.94. The highest BCUT2D eigenvalue weighted by Gasteiger charge is 2.02. The lowest BCUT2D eigenvalue weighted by Crippen LogP contribution is -2.21. The van der Waals surface area contributed by atoms with Gasteiger partial charge in [-0.15, -0.1) is 0 Å². The Hall–Kier alpha value is -1.48. The molecular weight excluding hydrogens is 138 g/mol. The van der Waals surface area contributed by atoms with Gasteiger partial charge in [0.05, 0.1) is 12.1 Å². The molecule has 58 valence electrons. The molecule has 0 rings (SSSR count). The summed E-state index contributed by atoms with van der Waals surface area (Å²) >= 11 is 0. The molecule has 0 aromatic carbocycles. The van der Waals surface area contributed by atoms with E-state index in [9.17, 15) is 0 Å². The van der Waals surface area contributed by atoms with Crippen LogP contribution in [0.3, 0.4) is 0 Å². The van der Waals surface area contributed by atoms with Gasteiger partial charge in [-0.2, -0.15) is 10.5 Å². The van der Waals surface area contributed by atoms with Crippen LogP contribution in [0.5, 0.6) is 0 Å². The number of hydrogen-bond donors (Lipinski definition) is 0. The molecule has 0 atom stereocenters. The molecule has 0 aromatic heterocycles. The van der Waals surface area contributed by atoms with Gasteiger partial charge in [0.15, 0.2) is 0 Å². The van der Waals surface area contributed by atoms with Crippen LogP contribution >= 0.6 is 0 Å². The van der Waals surface area contributed by atoms with Crippen molar-refractivity contribution in [2.75, 3.05) is 13.1 Å². The Bertz CT molecular complexity index is 212. The molecule has 3 heteroatoms. The highest BCUT2D eigenvalue weighted by Crippen LogP contribution is 2.00. The molecule has 0 fully saturated rings. The van der Waals surface area contributed by atoms with E-state index in [2.05, 4.69) is 0 Å². The van der Waals surface area contributed by atoms with E-state index in [1.54, 1.807) is 0 Å². The van der Waals surface area contributed by atoms with Crippen LogP contribution in [0, 0.1) is 22.7 Å². The van der Waals surface area contributed by atoms with Gasteiger partial charge in [-0.3, -0.25) is 0 Å². The molecule has 0 spiro atoms. The normalized spacial score (nSPS) is 10.0. The summed E-state index contributed by atoms with van der Waals surface area (Å²) in [4.78, 5) is 1.84. The fourth-order valence-electron chi connectivity index (χ4n) is 0.820. The number of allylic oxidation sites excluding steroid dienone is 2. The van der Waals surface area contributed by atoms with E-state index < -0.39 is 0 Å².